The Morgan fingerprint density at radius 3 is 2.68 bits per heavy atom. The number of nitrogens with one attached hydrogen (secondary N) is 3. The van der Waals surface area contributed by atoms with Gasteiger partial charge in [-0.3, -0.25) is 20.0 Å². The van der Waals surface area contributed by atoms with Crippen LogP contribution in [0.1, 0.15) is 18.4 Å². The van der Waals surface area contributed by atoms with Crippen molar-refractivity contribution in [3.8, 4) is 0 Å². The normalized spacial score (nSPS) is 19.2. The van der Waals surface area contributed by atoms with Crippen molar-refractivity contribution >= 4 is 34.5 Å². The number of hydrogen-bond acceptors (Lipinski definition) is 5. The zero-order valence-corrected chi connectivity index (χ0v) is 16.7. The van der Waals surface area contributed by atoms with Crippen LogP contribution in [0.4, 0.5) is 11.4 Å². The van der Waals surface area contributed by atoms with Crippen molar-refractivity contribution in [2.75, 3.05) is 10.6 Å². The number of hydrogen-bond donors (Lipinski definition) is 3. The number of allylic oxidation sites excluding steroid dienone is 4. The first kappa shape index (κ1) is 19.0. The fourth-order valence-corrected chi connectivity index (χ4v) is 3.54. The van der Waals surface area contributed by atoms with E-state index in [4.69, 9.17) is 0 Å². The summed E-state index contributed by atoms with van der Waals surface area (Å²) in [4.78, 5) is 29.2. The van der Waals surface area contributed by atoms with Crippen molar-refractivity contribution in [2.24, 2.45) is 11.0 Å². The highest BCUT2D eigenvalue weighted by molar-refractivity contribution is 6.49. The van der Waals surface area contributed by atoms with Crippen LogP contribution in [0.15, 0.2) is 83.8 Å². The van der Waals surface area contributed by atoms with E-state index in [0.29, 0.717) is 17.1 Å². The maximum Gasteiger partial charge on any atom is 0.276 e. The molecule has 0 bridgehead atoms. The third-order valence-electron chi connectivity index (χ3n) is 5.35. The molecule has 1 aromatic carbocycles. The molecule has 7 nitrogen and oxygen atoms in total. The van der Waals surface area contributed by atoms with Gasteiger partial charge in [0.05, 0.1) is 17.9 Å². The second kappa shape index (κ2) is 8.02. The van der Waals surface area contributed by atoms with Crippen molar-refractivity contribution in [3.63, 3.8) is 0 Å². The van der Waals surface area contributed by atoms with Gasteiger partial charge in [0.2, 0.25) is 5.91 Å². The van der Waals surface area contributed by atoms with Crippen molar-refractivity contribution < 1.29 is 9.59 Å². The SMILES string of the molecule is O=C(Nc1ccccc1)C1=NNC2C=CC=C(c3cncc(NC(=O)C4CC4)c3)C=C12. The van der Waals surface area contributed by atoms with Gasteiger partial charge in [-0.1, -0.05) is 36.4 Å². The number of benzene rings is 1. The molecule has 0 saturated heterocycles. The molecule has 154 valence electrons. The largest absolute Gasteiger partial charge is 0.324 e. The maximum absolute atomic E-state index is 12.8. The zero-order chi connectivity index (χ0) is 21.2. The number of hydrazone groups is 1. The predicted octanol–water partition coefficient (Wildman–Crippen LogP) is 3.28. The van der Waals surface area contributed by atoms with Gasteiger partial charge in [0, 0.05) is 28.9 Å². The summed E-state index contributed by atoms with van der Waals surface area (Å²) in [6.07, 6.45) is 13.1. The Bertz CT molecular complexity index is 1160. The monoisotopic (exact) mass is 411 g/mol. The molecule has 3 aliphatic rings. The van der Waals surface area contributed by atoms with Crippen molar-refractivity contribution in [1.82, 2.24) is 10.4 Å². The van der Waals surface area contributed by atoms with E-state index in [0.717, 1.165) is 29.6 Å². The van der Waals surface area contributed by atoms with Crippen LogP contribution in [-0.2, 0) is 9.59 Å². The summed E-state index contributed by atoms with van der Waals surface area (Å²) in [6.45, 7) is 0. The lowest BCUT2D eigenvalue weighted by Gasteiger charge is -2.10. The highest BCUT2D eigenvalue weighted by Gasteiger charge is 2.30. The molecule has 2 aliphatic carbocycles. The van der Waals surface area contributed by atoms with Crippen LogP contribution < -0.4 is 16.1 Å². The van der Waals surface area contributed by atoms with Crippen molar-refractivity contribution in [2.45, 2.75) is 18.9 Å². The Labute approximate surface area is 179 Å². The van der Waals surface area contributed by atoms with E-state index < -0.39 is 0 Å². The molecule has 1 atom stereocenters. The number of carbonyl (C=O) groups is 2. The van der Waals surface area contributed by atoms with E-state index >= 15 is 0 Å². The van der Waals surface area contributed by atoms with Gasteiger partial charge in [-0.05, 0) is 42.7 Å². The third kappa shape index (κ3) is 4.16. The van der Waals surface area contributed by atoms with Crippen LogP contribution in [0.5, 0.6) is 0 Å². The maximum atomic E-state index is 12.8. The summed E-state index contributed by atoms with van der Waals surface area (Å²) in [5.41, 5.74) is 7.24. The van der Waals surface area contributed by atoms with E-state index in [-0.39, 0.29) is 23.8 Å². The highest BCUT2D eigenvalue weighted by atomic mass is 16.2. The van der Waals surface area contributed by atoms with Gasteiger partial charge in [0.1, 0.15) is 0 Å². The molecule has 2 heterocycles. The van der Waals surface area contributed by atoms with Gasteiger partial charge in [-0.2, -0.15) is 5.10 Å². The van der Waals surface area contributed by atoms with E-state index in [2.05, 4.69) is 26.1 Å². The molecule has 2 amide bonds. The van der Waals surface area contributed by atoms with Gasteiger partial charge < -0.3 is 10.6 Å². The molecule has 1 aliphatic heterocycles. The van der Waals surface area contributed by atoms with E-state index in [1.54, 1.807) is 12.4 Å². The molecule has 31 heavy (non-hydrogen) atoms. The van der Waals surface area contributed by atoms with Crippen molar-refractivity contribution in [3.05, 3.63) is 84.2 Å². The van der Waals surface area contributed by atoms with Crippen LogP contribution in [0.2, 0.25) is 0 Å². The first-order chi connectivity index (χ1) is 15.2. The first-order valence-corrected chi connectivity index (χ1v) is 10.2. The second-order valence-corrected chi connectivity index (χ2v) is 7.72. The van der Waals surface area contributed by atoms with E-state index in [9.17, 15) is 9.59 Å². The lowest BCUT2D eigenvalue weighted by Crippen LogP contribution is -2.26. The molecular weight excluding hydrogens is 390 g/mol. The molecule has 7 heteroatoms. The fourth-order valence-electron chi connectivity index (χ4n) is 3.54. The Hall–Kier alpha value is -4.00. The number of pyridine rings is 1. The standard InChI is InChI=1S/C24H21N5O2/c30-23(15-9-10-15)27-19-11-17(13-25-14-19)16-5-4-8-21-20(12-16)22(29-28-21)24(31)26-18-6-2-1-3-7-18/h1-8,11-15,21,28H,9-10H2,(H,26,31)(H,27,30). The number of nitrogens with zero attached hydrogens (tertiary/aromatic N) is 2. The molecule has 2 aromatic rings. The lowest BCUT2D eigenvalue weighted by molar-refractivity contribution is -0.117. The molecule has 0 spiro atoms. The highest BCUT2D eigenvalue weighted by Crippen LogP contribution is 2.31. The van der Waals surface area contributed by atoms with Gasteiger partial charge in [0.25, 0.3) is 5.91 Å². The number of rotatable bonds is 5. The fraction of sp³-hybridized carbons (Fsp3) is 0.167. The van der Waals surface area contributed by atoms with E-state index in [1.165, 1.54) is 0 Å². The summed E-state index contributed by atoms with van der Waals surface area (Å²) >= 11 is 0. The van der Waals surface area contributed by atoms with Crippen LogP contribution in [0.25, 0.3) is 5.57 Å². The van der Waals surface area contributed by atoms with Crippen LogP contribution in [0, 0.1) is 5.92 Å². The Morgan fingerprint density at radius 1 is 1.03 bits per heavy atom. The van der Waals surface area contributed by atoms with Crippen molar-refractivity contribution in [1.29, 1.82) is 0 Å². The van der Waals surface area contributed by atoms with Crippen LogP contribution in [-0.4, -0.2) is 28.6 Å². The number of carbonyl (C=O) groups excluding carboxylic acids is 2. The predicted molar refractivity (Wildman–Crippen MR) is 120 cm³/mol. The number of amides is 2. The Kier molecular flexibility index (Phi) is 4.92. The number of fused-ring (bicyclic) bond motifs is 1. The van der Waals surface area contributed by atoms with Crippen LogP contribution >= 0.6 is 0 Å². The minimum atomic E-state index is -0.273. The molecule has 3 N–H and O–H groups in total. The van der Waals surface area contributed by atoms with E-state index in [1.807, 2.05) is 60.7 Å². The van der Waals surface area contributed by atoms with Gasteiger partial charge in [-0.25, -0.2) is 0 Å². The summed E-state index contributed by atoms with van der Waals surface area (Å²) in [7, 11) is 0. The Morgan fingerprint density at radius 2 is 1.87 bits per heavy atom. The second-order valence-electron chi connectivity index (χ2n) is 7.72. The summed E-state index contributed by atoms with van der Waals surface area (Å²) < 4.78 is 0. The average molecular weight is 411 g/mol. The van der Waals surface area contributed by atoms with Gasteiger partial charge in [-0.15, -0.1) is 0 Å². The number of para-hydroxylation sites is 1. The van der Waals surface area contributed by atoms with Gasteiger partial charge >= 0.3 is 0 Å². The number of aromatic nitrogens is 1. The minimum Gasteiger partial charge on any atom is -0.324 e. The topological polar surface area (TPSA) is 95.5 Å². The lowest BCUT2D eigenvalue weighted by atomic mass is 9.99. The van der Waals surface area contributed by atoms with Crippen LogP contribution in [0.3, 0.4) is 0 Å². The zero-order valence-electron chi connectivity index (χ0n) is 16.7. The summed E-state index contributed by atoms with van der Waals surface area (Å²) in [5, 5.41) is 10.1. The average Bonchev–Trinajstić information content (AvgIpc) is 3.59. The molecule has 1 fully saturated rings. The molecule has 0 radical (unpaired) electrons. The van der Waals surface area contributed by atoms with Gasteiger partial charge in [0.15, 0.2) is 5.71 Å². The Balaban J connectivity index is 1.39. The molecule has 1 aromatic heterocycles. The molecule has 5 rings (SSSR count). The third-order valence-corrected chi connectivity index (χ3v) is 5.35. The summed E-state index contributed by atoms with van der Waals surface area (Å²) in [6, 6.07) is 11.0. The molecular formula is C24H21N5O2. The molecule has 1 unspecified atom stereocenters. The quantitative estimate of drug-likeness (QED) is 0.704. The summed E-state index contributed by atoms with van der Waals surface area (Å²) in [5.74, 6) is -0.109. The molecule has 1 saturated carbocycles. The smallest absolute Gasteiger partial charge is 0.276 e. The minimum absolute atomic E-state index is 0.0408. The first-order valence-electron chi connectivity index (χ1n) is 10.2. The number of anilines is 2.